The predicted molar refractivity (Wildman–Crippen MR) is 25.0 cm³/mol. The van der Waals surface area contributed by atoms with E-state index in [1.165, 1.54) is 0 Å². The molecule has 0 N–H and O–H groups in total. The molecular weight excluding hydrogens is 338 g/mol. The Morgan fingerprint density at radius 3 is 1.29 bits per heavy atom. The zero-order valence-corrected chi connectivity index (χ0v) is 19.7. The minimum absolute atomic E-state index is 0. The molecule has 0 aromatic heterocycles. The van der Waals surface area contributed by atoms with Crippen LogP contribution in [0.3, 0.4) is 0 Å². The van der Waals surface area contributed by atoms with Crippen molar-refractivity contribution >= 4 is 24.3 Å². The van der Waals surface area contributed by atoms with E-state index in [9.17, 15) is 28.4 Å². The molecule has 0 rings (SSSR count). The van der Waals surface area contributed by atoms with Crippen LogP contribution in [0.5, 0.6) is 0 Å². The van der Waals surface area contributed by atoms with Crippen LogP contribution in [0.25, 0.3) is 0 Å². The average Bonchev–Trinajstić information content (AvgIpc) is 1.53. The molecule has 2 atom stereocenters. The molecule has 14 heavy (non-hydrogen) atoms. The fourth-order valence-electron chi connectivity index (χ4n) is 0.178. The van der Waals surface area contributed by atoms with Gasteiger partial charge in [-0.1, -0.05) is 8.62 Å². The summed E-state index contributed by atoms with van der Waals surface area (Å²) >= 11 is 0. The van der Waals surface area contributed by atoms with Crippen LogP contribution in [0, 0.1) is 0 Å². The molecular formula is K3O8P3+2. The molecule has 14 heteroatoms. The van der Waals surface area contributed by atoms with Crippen molar-refractivity contribution in [2.45, 2.75) is 0 Å². The summed E-state index contributed by atoms with van der Waals surface area (Å²) in [5.41, 5.74) is 0. The minimum atomic E-state index is -5.25. The van der Waals surface area contributed by atoms with Gasteiger partial charge in [0.25, 0.3) is 0 Å². The Balaban J connectivity index is -0.000000167. The zero-order chi connectivity index (χ0) is 9.07. The number of rotatable bonds is 4. The Morgan fingerprint density at radius 2 is 1.14 bits per heavy atom. The summed E-state index contributed by atoms with van der Waals surface area (Å²) in [6.07, 6.45) is 0. The summed E-state index contributed by atoms with van der Waals surface area (Å²) in [5.74, 6) is 0. The third-order valence-corrected chi connectivity index (χ3v) is 3.00. The SMILES string of the molecule is O=[P+]([O-])OP(=O)([O-])O[P+](=O)[O-].[K+].[K+].[K+]. The first kappa shape index (κ1) is 27.5. The Labute approximate surface area is 209 Å². The van der Waals surface area contributed by atoms with Gasteiger partial charge in [0.15, 0.2) is 0 Å². The molecule has 0 aromatic carbocycles. The molecule has 0 fully saturated rings. The van der Waals surface area contributed by atoms with Gasteiger partial charge in [-0.2, -0.15) is 0 Å². The average molecular weight is 338 g/mol. The van der Waals surface area contributed by atoms with Gasteiger partial charge in [0.2, 0.25) is 0 Å². The molecule has 0 aliphatic heterocycles. The molecule has 2 unspecified atom stereocenters. The molecule has 0 aliphatic carbocycles. The summed E-state index contributed by atoms with van der Waals surface area (Å²) in [6.45, 7) is 0. The van der Waals surface area contributed by atoms with Crippen LogP contribution in [-0.4, -0.2) is 0 Å². The first-order chi connectivity index (χ1) is 4.83. The van der Waals surface area contributed by atoms with Crippen LogP contribution in [0.2, 0.25) is 0 Å². The van der Waals surface area contributed by atoms with Crippen LogP contribution >= 0.6 is 24.3 Å². The van der Waals surface area contributed by atoms with E-state index >= 15 is 0 Å². The fraction of sp³-hybridized carbons (Fsp3) is 0. The minimum Gasteiger partial charge on any atom is -0.750 e. The van der Waals surface area contributed by atoms with Gasteiger partial charge in [0, 0.05) is 0 Å². The Bertz CT molecular complexity index is 206. The third-order valence-electron chi connectivity index (χ3n) is 0.333. The van der Waals surface area contributed by atoms with Gasteiger partial charge in [-0.25, -0.2) is 0 Å². The van der Waals surface area contributed by atoms with Crippen LogP contribution in [0.4, 0.5) is 0 Å². The van der Waals surface area contributed by atoms with Gasteiger partial charge in [0.1, 0.15) is 0 Å². The molecule has 0 amide bonds. The van der Waals surface area contributed by atoms with Crippen molar-refractivity contribution in [2.75, 3.05) is 0 Å². The molecule has 64 valence electrons. The molecule has 8 nitrogen and oxygen atoms in total. The molecule has 0 aromatic rings. The van der Waals surface area contributed by atoms with Gasteiger partial charge in [-0.05, 0) is 9.13 Å². The van der Waals surface area contributed by atoms with Gasteiger partial charge in [0.05, 0.1) is 0 Å². The smallest absolute Gasteiger partial charge is 0.750 e. The quantitative estimate of drug-likeness (QED) is 0.364. The monoisotopic (exact) mass is 338 g/mol. The third kappa shape index (κ3) is 19.5. The molecule has 0 heterocycles. The van der Waals surface area contributed by atoms with Crippen molar-refractivity contribution < 1.29 is 191 Å². The Kier molecular flexibility index (Phi) is 28.5. The van der Waals surface area contributed by atoms with E-state index in [0.717, 1.165) is 0 Å². The topological polar surface area (TPSA) is 139 Å². The van der Waals surface area contributed by atoms with Crippen LogP contribution in [-0.2, 0) is 22.3 Å². The standard InChI is InChI=1S/3K.HO8P3/c;;;1-9(2)7-11(5,6)8-10(3)4/h;;;(H,5,6)/q3*+1;/p-1. The van der Waals surface area contributed by atoms with Crippen molar-refractivity contribution in [1.82, 2.24) is 0 Å². The van der Waals surface area contributed by atoms with Crippen molar-refractivity contribution in [1.29, 1.82) is 0 Å². The van der Waals surface area contributed by atoms with E-state index < -0.39 is 24.3 Å². The maximum Gasteiger partial charge on any atom is 1.00 e. The number of hydrogen-bond donors (Lipinski definition) is 0. The molecule has 0 saturated carbocycles. The van der Waals surface area contributed by atoms with Crippen molar-refractivity contribution in [3.05, 3.63) is 0 Å². The predicted octanol–water partition coefficient (Wildman–Crippen LogP) is -10.5. The molecule has 0 aliphatic rings. The van der Waals surface area contributed by atoms with Gasteiger partial charge < -0.3 is 14.7 Å². The van der Waals surface area contributed by atoms with Crippen molar-refractivity contribution in [3.8, 4) is 0 Å². The number of hydrogen-bond acceptors (Lipinski definition) is 8. The van der Waals surface area contributed by atoms with Gasteiger partial charge >= 0.3 is 178 Å². The largest absolute Gasteiger partial charge is 1.00 e. The molecule has 0 bridgehead atoms. The second kappa shape index (κ2) is 14.5. The summed E-state index contributed by atoms with van der Waals surface area (Å²) in [4.78, 5) is 29.2. The molecule has 0 saturated heterocycles. The van der Waals surface area contributed by atoms with E-state index in [0.29, 0.717) is 0 Å². The molecule has 0 spiro atoms. The Hall–Kier alpha value is 5.14. The fourth-order valence-corrected chi connectivity index (χ4v) is 1.87. The second-order valence-electron chi connectivity index (χ2n) is 1.06. The first-order valence-corrected chi connectivity index (χ1v) is 5.48. The number of phosphoric acid groups is 1. The first-order valence-electron chi connectivity index (χ1n) is 1.83. The van der Waals surface area contributed by atoms with Crippen molar-refractivity contribution in [2.24, 2.45) is 0 Å². The van der Waals surface area contributed by atoms with E-state index in [1.54, 1.807) is 0 Å². The molecule has 0 radical (unpaired) electrons. The van der Waals surface area contributed by atoms with Crippen LogP contribution < -0.4 is 169 Å². The van der Waals surface area contributed by atoms with Crippen LogP contribution in [0.1, 0.15) is 0 Å². The summed E-state index contributed by atoms with van der Waals surface area (Å²) in [5, 5.41) is 0. The maximum atomic E-state index is 10.1. The van der Waals surface area contributed by atoms with Gasteiger partial charge in [-0.15, -0.1) is 0 Å². The normalized spacial score (nSPS) is 14.8. The summed E-state index contributed by atoms with van der Waals surface area (Å²) in [7, 11) is -12.6. The van der Waals surface area contributed by atoms with E-state index in [2.05, 4.69) is 8.62 Å². The van der Waals surface area contributed by atoms with Gasteiger partial charge in [-0.3, -0.25) is 4.57 Å². The Morgan fingerprint density at radius 1 is 0.929 bits per heavy atom. The second-order valence-corrected chi connectivity index (χ2v) is 4.15. The summed E-state index contributed by atoms with van der Waals surface area (Å²) < 4.78 is 35.4. The zero-order valence-electron chi connectivity index (χ0n) is 7.61. The van der Waals surface area contributed by atoms with Crippen LogP contribution in [0.15, 0.2) is 0 Å². The summed E-state index contributed by atoms with van der Waals surface area (Å²) in [6, 6.07) is 0. The van der Waals surface area contributed by atoms with E-state index in [-0.39, 0.29) is 154 Å². The van der Waals surface area contributed by atoms with E-state index in [1.807, 2.05) is 0 Å². The van der Waals surface area contributed by atoms with E-state index in [4.69, 9.17) is 0 Å². The van der Waals surface area contributed by atoms with Crippen molar-refractivity contribution in [3.63, 3.8) is 0 Å². The maximum absolute atomic E-state index is 10.1.